The molecule has 2 aliphatic heterocycles. The van der Waals surface area contributed by atoms with Gasteiger partial charge in [0.05, 0.1) is 19.7 Å². The van der Waals surface area contributed by atoms with E-state index in [9.17, 15) is 4.79 Å². The van der Waals surface area contributed by atoms with Gasteiger partial charge in [0.2, 0.25) is 0 Å². The van der Waals surface area contributed by atoms with Crippen molar-refractivity contribution in [2.45, 2.75) is 32.4 Å². The Balaban J connectivity index is 1.39. The largest absolute Gasteiger partial charge is 0.497 e. The summed E-state index contributed by atoms with van der Waals surface area (Å²) in [5.74, 6) is 0.739. The Morgan fingerprint density at radius 3 is 2.65 bits per heavy atom. The lowest BCUT2D eigenvalue weighted by atomic mass is 9.97. The van der Waals surface area contributed by atoms with Crippen LogP contribution in [0.3, 0.4) is 0 Å². The van der Waals surface area contributed by atoms with Crippen molar-refractivity contribution >= 4 is 11.6 Å². The zero-order chi connectivity index (χ0) is 23.5. The molecule has 34 heavy (non-hydrogen) atoms. The SMILES string of the molecule is COc1cccc(C(CN2CCCC2)NC(=O)c2cccc(-c3ccc4c(c3)C(C)=NC4)c2)c1. The van der Waals surface area contributed by atoms with Crippen LogP contribution in [0.1, 0.15) is 52.9 Å². The minimum atomic E-state index is -0.108. The van der Waals surface area contributed by atoms with E-state index in [4.69, 9.17) is 4.74 Å². The summed E-state index contributed by atoms with van der Waals surface area (Å²) in [6.07, 6.45) is 2.43. The Morgan fingerprint density at radius 2 is 1.82 bits per heavy atom. The molecule has 0 spiro atoms. The average Bonchev–Trinajstić information content (AvgIpc) is 3.53. The lowest BCUT2D eigenvalue weighted by Gasteiger charge is -2.25. The van der Waals surface area contributed by atoms with Crippen LogP contribution >= 0.6 is 0 Å². The molecular formula is C29H31N3O2. The molecule has 5 rings (SSSR count). The highest BCUT2D eigenvalue weighted by molar-refractivity contribution is 6.03. The van der Waals surface area contributed by atoms with Crippen LogP contribution in [0.15, 0.2) is 71.7 Å². The van der Waals surface area contributed by atoms with Crippen LogP contribution in [-0.2, 0) is 6.54 Å². The summed E-state index contributed by atoms with van der Waals surface area (Å²) in [5, 5.41) is 3.30. The number of nitrogens with one attached hydrogen (secondary N) is 1. The maximum Gasteiger partial charge on any atom is 0.251 e. The van der Waals surface area contributed by atoms with Crippen LogP contribution in [0.5, 0.6) is 5.75 Å². The van der Waals surface area contributed by atoms with Crippen molar-refractivity contribution in [3.05, 3.63) is 89.0 Å². The predicted molar refractivity (Wildman–Crippen MR) is 137 cm³/mol. The van der Waals surface area contributed by atoms with Gasteiger partial charge in [0.1, 0.15) is 5.75 Å². The van der Waals surface area contributed by atoms with Crippen molar-refractivity contribution in [3.8, 4) is 16.9 Å². The van der Waals surface area contributed by atoms with E-state index in [2.05, 4.69) is 52.5 Å². The van der Waals surface area contributed by atoms with E-state index < -0.39 is 0 Å². The first kappa shape index (κ1) is 22.4. The highest BCUT2D eigenvalue weighted by Gasteiger charge is 2.22. The second kappa shape index (κ2) is 9.82. The van der Waals surface area contributed by atoms with E-state index in [0.717, 1.165) is 54.3 Å². The van der Waals surface area contributed by atoms with Gasteiger partial charge >= 0.3 is 0 Å². The number of aliphatic imine (C=N–C) groups is 1. The van der Waals surface area contributed by atoms with Crippen LogP contribution in [0.25, 0.3) is 11.1 Å². The number of amides is 1. The topological polar surface area (TPSA) is 53.9 Å². The fraction of sp³-hybridized carbons (Fsp3) is 0.310. The lowest BCUT2D eigenvalue weighted by molar-refractivity contribution is 0.0927. The van der Waals surface area contributed by atoms with Gasteiger partial charge < -0.3 is 15.0 Å². The molecule has 174 valence electrons. The number of hydrogen-bond donors (Lipinski definition) is 1. The molecule has 0 saturated carbocycles. The molecule has 2 heterocycles. The molecule has 1 N–H and O–H groups in total. The van der Waals surface area contributed by atoms with Crippen molar-refractivity contribution in [2.24, 2.45) is 4.99 Å². The number of carbonyl (C=O) groups is 1. The average molecular weight is 454 g/mol. The lowest BCUT2D eigenvalue weighted by Crippen LogP contribution is -2.37. The normalized spacial score (nSPS) is 16.1. The molecular weight excluding hydrogens is 422 g/mol. The van der Waals surface area contributed by atoms with Crippen LogP contribution in [0.4, 0.5) is 0 Å². The molecule has 0 radical (unpaired) electrons. The summed E-state index contributed by atoms with van der Waals surface area (Å²) in [5.41, 5.74) is 7.41. The fourth-order valence-electron chi connectivity index (χ4n) is 4.92. The molecule has 1 amide bonds. The summed E-state index contributed by atoms with van der Waals surface area (Å²) in [7, 11) is 1.67. The number of methoxy groups -OCH3 is 1. The van der Waals surface area contributed by atoms with Gasteiger partial charge in [-0.2, -0.15) is 0 Å². The zero-order valence-electron chi connectivity index (χ0n) is 19.9. The van der Waals surface area contributed by atoms with E-state index in [-0.39, 0.29) is 11.9 Å². The second-order valence-corrected chi connectivity index (χ2v) is 9.16. The molecule has 5 nitrogen and oxygen atoms in total. The fourth-order valence-corrected chi connectivity index (χ4v) is 4.92. The third-order valence-electron chi connectivity index (χ3n) is 6.89. The molecule has 1 saturated heterocycles. The van der Waals surface area contributed by atoms with Crippen molar-refractivity contribution in [1.82, 2.24) is 10.2 Å². The van der Waals surface area contributed by atoms with Crippen LogP contribution in [-0.4, -0.2) is 43.3 Å². The van der Waals surface area contributed by atoms with E-state index in [1.54, 1.807) is 7.11 Å². The smallest absolute Gasteiger partial charge is 0.251 e. The van der Waals surface area contributed by atoms with Gasteiger partial charge in [0, 0.05) is 23.4 Å². The highest BCUT2D eigenvalue weighted by Crippen LogP contribution is 2.28. The molecule has 0 aliphatic carbocycles. The number of rotatable bonds is 7. The van der Waals surface area contributed by atoms with Crippen LogP contribution in [0.2, 0.25) is 0 Å². The van der Waals surface area contributed by atoms with Gasteiger partial charge in [0.15, 0.2) is 0 Å². The van der Waals surface area contributed by atoms with Crippen molar-refractivity contribution in [3.63, 3.8) is 0 Å². The second-order valence-electron chi connectivity index (χ2n) is 9.16. The summed E-state index contributed by atoms with van der Waals surface area (Å²) in [6, 6.07) is 22.2. The molecule has 1 unspecified atom stereocenters. The molecule has 5 heteroatoms. The predicted octanol–water partition coefficient (Wildman–Crippen LogP) is 5.25. The van der Waals surface area contributed by atoms with Crippen LogP contribution < -0.4 is 10.1 Å². The Kier molecular flexibility index (Phi) is 6.45. The number of nitrogens with zero attached hydrogens (tertiary/aromatic N) is 2. The van der Waals surface area contributed by atoms with Gasteiger partial charge in [-0.3, -0.25) is 9.79 Å². The van der Waals surface area contributed by atoms with E-state index in [1.165, 1.54) is 24.0 Å². The Bertz CT molecular complexity index is 1230. The number of hydrogen-bond acceptors (Lipinski definition) is 4. The Hall–Kier alpha value is -3.44. The van der Waals surface area contributed by atoms with Crippen LogP contribution in [0, 0.1) is 0 Å². The number of benzene rings is 3. The third-order valence-corrected chi connectivity index (χ3v) is 6.89. The quantitative estimate of drug-likeness (QED) is 0.532. The first-order valence-electron chi connectivity index (χ1n) is 12.0. The molecule has 0 bridgehead atoms. The minimum Gasteiger partial charge on any atom is -0.497 e. The summed E-state index contributed by atoms with van der Waals surface area (Å²) in [6.45, 7) is 5.76. The van der Waals surface area contributed by atoms with Gasteiger partial charge in [-0.15, -0.1) is 0 Å². The van der Waals surface area contributed by atoms with Gasteiger partial charge in [-0.05, 0) is 85.4 Å². The standard InChI is InChI=1S/C29H31N3O2/c1-20-27-17-22(11-12-25(27)18-30-20)21-7-5-9-24(15-21)29(33)31-28(19-32-13-3-4-14-32)23-8-6-10-26(16-23)34-2/h5-12,15-17,28H,3-4,13-14,18-19H2,1-2H3,(H,31,33). The van der Waals surface area contributed by atoms with E-state index in [1.807, 2.05) is 36.4 Å². The molecule has 1 atom stereocenters. The van der Waals surface area contributed by atoms with Crippen molar-refractivity contribution < 1.29 is 9.53 Å². The number of fused-ring (bicyclic) bond motifs is 1. The third kappa shape index (κ3) is 4.75. The molecule has 2 aliphatic rings. The van der Waals surface area contributed by atoms with Crippen molar-refractivity contribution in [2.75, 3.05) is 26.7 Å². The maximum atomic E-state index is 13.4. The Morgan fingerprint density at radius 1 is 1.03 bits per heavy atom. The molecule has 3 aromatic rings. The molecule has 3 aromatic carbocycles. The zero-order valence-corrected chi connectivity index (χ0v) is 19.9. The summed E-state index contributed by atoms with van der Waals surface area (Å²) >= 11 is 0. The first-order valence-corrected chi connectivity index (χ1v) is 12.0. The van der Waals surface area contributed by atoms with Gasteiger partial charge in [0.25, 0.3) is 5.91 Å². The molecule has 0 aromatic heterocycles. The van der Waals surface area contributed by atoms with E-state index in [0.29, 0.717) is 5.56 Å². The maximum absolute atomic E-state index is 13.4. The van der Waals surface area contributed by atoms with Crippen molar-refractivity contribution in [1.29, 1.82) is 0 Å². The summed E-state index contributed by atoms with van der Waals surface area (Å²) < 4.78 is 5.43. The monoisotopic (exact) mass is 453 g/mol. The number of likely N-dealkylation sites (tertiary alicyclic amines) is 1. The Labute approximate surface area is 201 Å². The molecule has 1 fully saturated rings. The minimum absolute atomic E-state index is 0.0623. The number of carbonyl (C=O) groups excluding carboxylic acids is 1. The number of ether oxygens (including phenoxy) is 1. The summed E-state index contributed by atoms with van der Waals surface area (Å²) in [4.78, 5) is 20.4. The highest BCUT2D eigenvalue weighted by atomic mass is 16.5. The van der Waals surface area contributed by atoms with E-state index >= 15 is 0 Å². The first-order chi connectivity index (χ1) is 16.6. The van der Waals surface area contributed by atoms with Gasteiger partial charge in [-0.25, -0.2) is 0 Å². The van der Waals surface area contributed by atoms with Gasteiger partial charge in [-0.1, -0.05) is 36.4 Å².